The quantitative estimate of drug-likeness (QED) is 0.633. The van der Waals surface area contributed by atoms with E-state index in [0.717, 1.165) is 28.3 Å². The lowest BCUT2D eigenvalue weighted by Crippen LogP contribution is -2.32. The van der Waals surface area contributed by atoms with Gasteiger partial charge in [0.05, 0.1) is 18.6 Å². The van der Waals surface area contributed by atoms with Crippen LogP contribution in [0.4, 0.5) is 14.5 Å². The lowest BCUT2D eigenvalue weighted by molar-refractivity contribution is -0.121. The number of carbonyl (C=O) groups excluding carboxylic acids is 1. The second kappa shape index (κ2) is 10.2. The van der Waals surface area contributed by atoms with Gasteiger partial charge in [-0.1, -0.05) is 18.2 Å². The highest BCUT2D eigenvalue weighted by molar-refractivity contribution is 7.92. The molecular formula is C20H24F2N2O4S. The van der Waals surface area contributed by atoms with E-state index in [1.165, 1.54) is 6.07 Å². The number of ether oxygens (including phenoxy) is 1. The van der Waals surface area contributed by atoms with E-state index < -0.39 is 21.7 Å². The summed E-state index contributed by atoms with van der Waals surface area (Å²) in [6.07, 6.45) is 1.26. The number of sulfonamides is 1. The molecule has 0 saturated carbocycles. The van der Waals surface area contributed by atoms with Crippen LogP contribution in [0.3, 0.4) is 0 Å². The molecule has 0 aliphatic heterocycles. The van der Waals surface area contributed by atoms with Gasteiger partial charge in [-0.2, -0.15) is 0 Å². The monoisotopic (exact) mass is 426 g/mol. The fourth-order valence-corrected chi connectivity index (χ4v) is 3.70. The molecule has 0 saturated heterocycles. The first-order valence-electron chi connectivity index (χ1n) is 9.12. The Kier molecular flexibility index (Phi) is 7.95. The van der Waals surface area contributed by atoms with Crippen molar-refractivity contribution < 1.29 is 26.7 Å². The molecule has 0 fully saturated rings. The Bertz CT molecular complexity index is 951. The Morgan fingerprint density at radius 2 is 1.86 bits per heavy atom. The smallest absolute Gasteiger partial charge is 0.232 e. The number of halogens is 2. The first kappa shape index (κ1) is 22.6. The average molecular weight is 426 g/mol. The second-order valence-corrected chi connectivity index (χ2v) is 8.26. The summed E-state index contributed by atoms with van der Waals surface area (Å²) >= 11 is 0. The van der Waals surface area contributed by atoms with E-state index in [0.29, 0.717) is 12.4 Å². The molecular weight excluding hydrogens is 402 g/mol. The van der Waals surface area contributed by atoms with E-state index in [2.05, 4.69) is 5.32 Å². The minimum atomic E-state index is -3.72. The van der Waals surface area contributed by atoms with E-state index in [1.54, 1.807) is 0 Å². The normalized spacial score (nSPS) is 11.2. The zero-order valence-electron chi connectivity index (χ0n) is 16.3. The van der Waals surface area contributed by atoms with E-state index in [-0.39, 0.29) is 37.5 Å². The summed E-state index contributed by atoms with van der Waals surface area (Å²) < 4.78 is 57.0. The SMILES string of the molecule is CCOc1ccccc1CNC(=O)CCCN(c1ccc(F)c(F)c1)S(C)(=O)=O. The van der Waals surface area contributed by atoms with Crippen LogP contribution >= 0.6 is 0 Å². The highest BCUT2D eigenvalue weighted by Gasteiger charge is 2.19. The van der Waals surface area contributed by atoms with Crippen LogP contribution in [-0.4, -0.2) is 33.7 Å². The second-order valence-electron chi connectivity index (χ2n) is 6.35. The van der Waals surface area contributed by atoms with Crippen molar-refractivity contribution in [1.29, 1.82) is 0 Å². The molecule has 6 nitrogen and oxygen atoms in total. The van der Waals surface area contributed by atoms with Gasteiger partial charge in [0.1, 0.15) is 5.75 Å². The molecule has 0 spiro atoms. The minimum absolute atomic E-state index is 0.0115. The van der Waals surface area contributed by atoms with Crippen molar-refractivity contribution >= 4 is 21.6 Å². The summed E-state index contributed by atoms with van der Waals surface area (Å²) in [6.45, 7) is 2.63. The zero-order chi connectivity index (χ0) is 21.4. The average Bonchev–Trinajstić information content (AvgIpc) is 2.66. The predicted molar refractivity (Wildman–Crippen MR) is 107 cm³/mol. The van der Waals surface area contributed by atoms with Gasteiger partial charge in [0.2, 0.25) is 15.9 Å². The Morgan fingerprint density at radius 1 is 1.14 bits per heavy atom. The molecule has 1 N–H and O–H groups in total. The molecule has 1 amide bonds. The molecule has 29 heavy (non-hydrogen) atoms. The lowest BCUT2D eigenvalue weighted by Gasteiger charge is -2.22. The summed E-state index contributed by atoms with van der Waals surface area (Å²) in [5.41, 5.74) is 0.847. The van der Waals surface area contributed by atoms with Gasteiger partial charge in [-0.15, -0.1) is 0 Å². The highest BCUT2D eigenvalue weighted by atomic mass is 32.2. The Morgan fingerprint density at radius 3 is 2.52 bits per heavy atom. The van der Waals surface area contributed by atoms with Gasteiger partial charge in [0.15, 0.2) is 11.6 Å². The summed E-state index contributed by atoms with van der Waals surface area (Å²) in [4.78, 5) is 12.1. The Labute approximate surface area is 169 Å². The van der Waals surface area contributed by atoms with Crippen LogP contribution in [0.5, 0.6) is 5.75 Å². The van der Waals surface area contributed by atoms with Crippen molar-refractivity contribution in [3.05, 3.63) is 59.7 Å². The minimum Gasteiger partial charge on any atom is -0.494 e. The molecule has 2 aromatic rings. The molecule has 2 aromatic carbocycles. The lowest BCUT2D eigenvalue weighted by atomic mass is 10.2. The number of hydrogen-bond acceptors (Lipinski definition) is 4. The molecule has 0 radical (unpaired) electrons. The van der Waals surface area contributed by atoms with Crippen molar-refractivity contribution in [1.82, 2.24) is 5.32 Å². The number of rotatable bonds is 10. The van der Waals surface area contributed by atoms with Gasteiger partial charge in [0, 0.05) is 31.1 Å². The number of benzene rings is 2. The van der Waals surface area contributed by atoms with Gasteiger partial charge in [-0.25, -0.2) is 17.2 Å². The van der Waals surface area contributed by atoms with Gasteiger partial charge in [0.25, 0.3) is 0 Å². The number of amides is 1. The summed E-state index contributed by atoms with van der Waals surface area (Å²) in [7, 11) is -3.72. The van der Waals surface area contributed by atoms with Crippen LogP contribution in [-0.2, 0) is 21.4 Å². The molecule has 0 unspecified atom stereocenters. The predicted octanol–water partition coefficient (Wildman–Crippen LogP) is 3.23. The number of anilines is 1. The van der Waals surface area contributed by atoms with Crippen molar-refractivity contribution in [3.8, 4) is 5.75 Å². The fourth-order valence-electron chi connectivity index (χ4n) is 2.74. The maximum atomic E-state index is 13.5. The number of hydrogen-bond donors (Lipinski definition) is 1. The topological polar surface area (TPSA) is 75.7 Å². The van der Waals surface area contributed by atoms with Crippen LogP contribution in [0.25, 0.3) is 0 Å². The van der Waals surface area contributed by atoms with Crippen LogP contribution in [0, 0.1) is 11.6 Å². The first-order chi connectivity index (χ1) is 13.7. The summed E-state index contributed by atoms with van der Waals surface area (Å²) in [6, 6.07) is 10.2. The van der Waals surface area contributed by atoms with E-state index in [4.69, 9.17) is 4.74 Å². The Balaban J connectivity index is 1.92. The van der Waals surface area contributed by atoms with Gasteiger partial charge in [-0.3, -0.25) is 9.10 Å². The molecule has 2 rings (SSSR count). The first-order valence-corrected chi connectivity index (χ1v) is 11.0. The van der Waals surface area contributed by atoms with Crippen molar-refractivity contribution in [2.75, 3.05) is 23.7 Å². The number of nitrogens with one attached hydrogen (secondary N) is 1. The largest absolute Gasteiger partial charge is 0.494 e. The van der Waals surface area contributed by atoms with Gasteiger partial charge >= 0.3 is 0 Å². The molecule has 0 aliphatic rings. The van der Waals surface area contributed by atoms with Gasteiger partial charge < -0.3 is 10.1 Å². The molecule has 0 aromatic heterocycles. The third kappa shape index (κ3) is 6.70. The van der Waals surface area contributed by atoms with E-state index in [9.17, 15) is 22.0 Å². The maximum absolute atomic E-state index is 13.5. The van der Waals surface area contributed by atoms with Crippen molar-refractivity contribution in [2.45, 2.75) is 26.3 Å². The van der Waals surface area contributed by atoms with Crippen LogP contribution < -0.4 is 14.4 Å². The zero-order valence-corrected chi connectivity index (χ0v) is 17.1. The Hall–Kier alpha value is -2.68. The van der Waals surface area contributed by atoms with Crippen LogP contribution in [0.15, 0.2) is 42.5 Å². The molecule has 158 valence electrons. The standard InChI is InChI=1S/C20H24F2N2O4S/c1-3-28-19-8-5-4-7-15(19)14-23-20(25)9-6-12-24(29(2,26)27)16-10-11-17(21)18(22)13-16/h4-5,7-8,10-11,13H,3,6,9,12,14H2,1-2H3,(H,23,25). The highest BCUT2D eigenvalue weighted by Crippen LogP contribution is 2.21. The maximum Gasteiger partial charge on any atom is 0.232 e. The number of nitrogens with zero attached hydrogens (tertiary/aromatic N) is 1. The number of para-hydroxylation sites is 1. The summed E-state index contributed by atoms with van der Waals surface area (Å²) in [5, 5.41) is 2.77. The number of carbonyl (C=O) groups is 1. The molecule has 0 atom stereocenters. The molecule has 0 bridgehead atoms. The third-order valence-corrected chi connectivity index (χ3v) is 5.30. The summed E-state index contributed by atoms with van der Waals surface area (Å²) in [5.74, 6) is -1.76. The van der Waals surface area contributed by atoms with Crippen LogP contribution in [0.2, 0.25) is 0 Å². The fraction of sp³-hybridized carbons (Fsp3) is 0.350. The van der Waals surface area contributed by atoms with E-state index in [1.807, 2.05) is 31.2 Å². The van der Waals surface area contributed by atoms with E-state index >= 15 is 0 Å². The van der Waals surface area contributed by atoms with Gasteiger partial charge in [-0.05, 0) is 31.5 Å². The van der Waals surface area contributed by atoms with Crippen LogP contribution in [0.1, 0.15) is 25.3 Å². The molecule has 0 heterocycles. The molecule has 0 aliphatic carbocycles. The molecule has 9 heteroatoms. The third-order valence-electron chi connectivity index (χ3n) is 4.10. The van der Waals surface area contributed by atoms with Crippen molar-refractivity contribution in [2.24, 2.45) is 0 Å². The van der Waals surface area contributed by atoms with Crippen molar-refractivity contribution in [3.63, 3.8) is 0 Å².